The zero-order valence-corrected chi connectivity index (χ0v) is 8.87. The maximum absolute atomic E-state index is 5.68. The molecule has 14 heavy (non-hydrogen) atoms. The van der Waals surface area contributed by atoms with E-state index < -0.39 is 0 Å². The Morgan fingerprint density at radius 2 is 2.29 bits per heavy atom. The van der Waals surface area contributed by atoms with Crippen LogP contribution in [0.2, 0.25) is 0 Å². The monoisotopic (exact) mass is 195 g/mol. The fourth-order valence-corrected chi connectivity index (χ4v) is 0.983. The van der Waals surface area contributed by atoms with E-state index in [0.29, 0.717) is 12.5 Å². The summed E-state index contributed by atoms with van der Waals surface area (Å²) in [5.41, 5.74) is 6.65. The fraction of sp³-hybridized carbons (Fsp3) is 0.500. The van der Waals surface area contributed by atoms with E-state index in [1.807, 2.05) is 26.8 Å². The zero-order valence-electron chi connectivity index (χ0n) is 8.87. The highest BCUT2D eigenvalue weighted by atomic mass is 16.3. The maximum atomic E-state index is 5.68. The molecule has 4 heteroatoms. The fourth-order valence-electron chi connectivity index (χ4n) is 0.983. The number of furan rings is 1. The van der Waals surface area contributed by atoms with Gasteiger partial charge in [0, 0.05) is 11.1 Å². The molecule has 0 aliphatic heterocycles. The number of hydrogen-bond acceptors (Lipinski definition) is 2. The van der Waals surface area contributed by atoms with Crippen LogP contribution >= 0.6 is 0 Å². The minimum Gasteiger partial charge on any atom is -0.472 e. The van der Waals surface area contributed by atoms with Crippen molar-refractivity contribution in [3.8, 4) is 0 Å². The second kappa shape index (κ2) is 4.17. The number of rotatable bonds is 2. The molecule has 0 atom stereocenters. The molecule has 1 heterocycles. The summed E-state index contributed by atoms with van der Waals surface area (Å²) in [7, 11) is 0. The highest BCUT2D eigenvalue weighted by Crippen LogP contribution is 2.02. The standard InChI is InChI=1S/C10H17N3O/c1-10(2,3)13-9(11)12-6-8-4-5-14-7-8/h4-5,7H,6H2,1-3H3,(H3,11,12,13). The molecule has 1 aromatic rings. The Hall–Kier alpha value is -1.45. The number of hydrogen-bond donors (Lipinski definition) is 2. The van der Waals surface area contributed by atoms with E-state index in [9.17, 15) is 0 Å². The van der Waals surface area contributed by atoms with Crippen molar-refractivity contribution in [2.24, 2.45) is 10.7 Å². The lowest BCUT2D eigenvalue weighted by Crippen LogP contribution is -2.44. The van der Waals surface area contributed by atoms with Gasteiger partial charge >= 0.3 is 0 Å². The van der Waals surface area contributed by atoms with Gasteiger partial charge in [-0.1, -0.05) is 0 Å². The van der Waals surface area contributed by atoms with E-state index in [2.05, 4.69) is 10.3 Å². The highest BCUT2D eigenvalue weighted by molar-refractivity contribution is 5.78. The van der Waals surface area contributed by atoms with Gasteiger partial charge in [0.05, 0.1) is 19.1 Å². The Morgan fingerprint density at radius 1 is 1.57 bits per heavy atom. The third-order valence-corrected chi connectivity index (χ3v) is 1.52. The molecule has 0 aliphatic rings. The molecule has 0 fully saturated rings. The molecule has 1 rings (SSSR count). The first-order chi connectivity index (χ1) is 6.47. The minimum absolute atomic E-state index is 0.0516. The Kier molecular flexibility index (Phi) is 3.17. The number of nitrogens with one attached hydrogen (secondary N) is 1. The molecule has 0 aromatic carbocycles. The van der Waals surface area contributed by atoms with Gasteiger partial charge in [-0.2, -0.15) is 0 Å². The third-order valence-electron chi connectivity index (χ3n) is 1.52. The average molecular weight is 195 g/mol. The summed E-state index contributed by atoms with van der Waals surface area (Å²) < 4.78 is 4.92. The van der Waals surface area contributed by atoms with Crippen LogP contribution in [-0.4, -0.2) is 11.5 Å². The van der Waals surface area contributed by atoms with Gasteiger partial charge in [0.1, 0.15) is 0 Å². The average Bonchev–Trinajstić information content (AvgIpc) is 2.49. The predicted octanol–water partition coefficient (Wildman–Crippen LogP) is 1.48. The van der Waals surface area contributed by atoms with Crippen LogP contribution in [0.1, 0.15) is 26.3 Å². The second-order valence-electron chi connectivity index (χ2n) is 4.21. The van der Waals surface area contributed by atoms with Crippen LogP contribution in [0.25, 0.3) is 0 Å². The first-order valence-electron chi connectivity index (χ1n) is 4.56. The molecule has 0 bridgehead atoms. The summed E-state index contributed by atoms with van der Waals surface area (Å²) in [4.78, 5) is 4.18. The highest BCUT2D eigenvalue weighted by Gasteiger charge is 2.09. The normalized spacial score (nSPS) is 12.9. The van der Waals surface area contributed by atoms with Gasteiger partial charge in [-0.3, -0.25) is 0 Å². The molecule has 0 spiro atoms. The van der Waals surface area contributed by atoms with Gasteiger partial charge in [0.15, 0.2) is 5.96 Å². The van der Waals surface area contributed by atoms with Crippen molar-refractivity contribution < 1.29 is 4.42 Å². The number of nitrogens with two attached hydrogens (primary N) is 1. The molecule has 0 amide bonds. The van der Waals surface area contributed by atoms with Crippen LogP contribution in [0, 0.1) is 0 Å². The summed E-state index contributed by atoms with van der Waals surface area (Å²) in [6.45, 7) is 6.65. The Balaban J connectivity index is 2.45. The molecule has 3 N–H and O–H groups in total. The van der Waals surface area contributed by atoms with Gasteiger partial charge in [-0.15, -0.1) is 0 Å². The molecule has 4 nitrogen and oxygen atoms in total. The molecular formula is C10H17N3O. The first kappa shape index (κ1) is 10.6. The second-order valence-corrected chi connectivity index (χ2v) is 4.21. The van der Waals surface area contributed by atoms with E-state index in [1.165, 1.54) is 0 Å². The molecule has 0 saturated heterocycles. The predicted molar refractivity (Wildman–Crippen MR) is 56.9 cm³/mol. The van der Waals surface area contributed by atoms with Crippen molar-refractivity contribution in [3.05, 3.63) is 24.2 Å². The SMILES string of the molecule is CC(C)(C)NC(N)=NCc1ccoc1. The number of guanidine groups is 1. The molecule has 0 radical (unpaired) electrons. The summed E-state index contributed by atoms with van der Waals surface area (Å²) in [5, 5.41) is 3.08. The lowest BCUT2D eigenvalue weighted by molar-refractivity contribution is 0.508. The lowest BCUT2D eigenvalue weighted by atomic mass is 10.1. The molecular weight excluding hydrogens is 178 g/mol. The Bertz CT molecular complexity index is 296. The lowest BCUT2D eigenvalue weighted by Gasteiger charge is -2.20. The van der Waals surface area contributed by atoms with Crippen molar-refractivity contribution >= 4 is 5.96 Å². The minimum atomic E-state index is -0.0516. The quantitative estimate of drug-likeness (QED) is 0.555. The molecule has 78 valence electrons. The Morgan fingerprint density at radius 3 is 2.79 bits per heavy atom. The van der Waals surface area contributed by atoms with Crippen LogP contribution in [0.15, 0.2) is 28.0 Å². The van der Waals surface area contributed by atoms with Gasteiger partial charge in [0.25, 0.3) is 0 Å². The van der Waals surface area contributed by atoms with Crippen LogP contribution < -0.4 is 11.1 Å². The van der Waals surface area contributed by atoms with Crippen molar-refractivity contribution in [3.63, 3.8) is 0 Å². The van der Waals surface area contributed by atoms with E-state index in [-0.39, 0.29) is 5.54 Å². The number of nitrogens with zero attached hydrogens (tertiary/aromatic N) is 1. The van der Waals surface area contributed by atoms with Crippen molar-refractivity contribution in [2.45, 2.75) is 32.9 Å². The van der Waals surface area contributed by atoms with Crippen molar-refractivity contribution in [1.82, 2.24) is 5.32 Å². The van der Waals surface area contributed by atoms with E-state index >= 15 is 0 Å². The van der Waals surface area contributed by atoms with Crippen LogP contribution in [0.3, 0.4) is 0 Å². The van der Waals surface area contributed by atoms with E-state index in [1.54, 1.807) is 12.5 Å². The van der Waals surface area contributed by atoms with Gasteiger partial charge in [-0.25, -0.2) is 4.99 Å². The smallest absolute Gasteiger partial charge is 0.189 e. The summed E-state index contributed by atoms with van der Waals surface area (Å²) in [5.74, 6) is 0.457. The molecule has 1 aromatic heterocycles. The van der Waals surface area contributed by atoms with E-state index in [4.69, 9.17) is 10.2 Å². The summed E-state index contributed by atoms with van der Waals surface area (Å²) in [6, 6.07) is 1.87. The topological polar surface area (TPSA) is 63.5 Å². The zero-order chi connectivity index (χ0) is 10.6. The first-order valence-corrected chi connectivity index (χ1v) is 4.56. The Labute approximate surface area is 84.2 Å². The van der Waals surface area contributed by atoms with Gasteiger partial charge < -0.3 is 15.5 Å². The van der Waals surface area contributed by atoms with Crippen LogP contribution in [-0.2, 0) is 6.54 Å². The third kappa shape index (κ3) is 3.98. The van der Waals surface area contributed by atoms with Crippen molar-refractivity contribution in [2.75, 3.05) is 0 Å². The molecule has 0 saturated carbocycles. The summed E-state index contributed by atoms with van der Waals surface area (Å²) >= 11 is 0. The van der Waals surface area contributed by atoms with Crippen molar-refractivity contribution in [1.29, 1.82) is 0 Å². The maximum Gasteiger partial charge on any atom is 0.189 e. The largest absolute Gasteiger partial charge is 0.472 e. The van der Waals surface area contributed by atoms with Crippen LogP contribution in [0.5, 0.6) is 0 Å². The van der Waals surface area contributed by atoms with E-state index in [0.717, 1.165) is 5.56 Å². The van der Waals surface area contributed by atoms with Gasteiger partial charge in [0.2, 0.25) is 0 Å². The van der Waals surface area contributed by atoms with Crippen LogP contribution in [0.4, 0.5) is 0 Å². The number of aliphatic imine (C=N–C) groups is 1. The molecule has 0 unspecified atom stereocenters. The molecule has 0 aliphatic carbocycles. The summed E-state index contributed by atoms with van der Waals surface area (Å²) in [6.07, 6.45) is 3.28. The van der Waals surface area contributed by atoms with Gasteiger partial charge in [-0.05, 0) is 26.8 Å².